The van der Waals surface area contributed by atoms with Crippen LogP contribution < -0.4 is 0 Å². The molecule has 0 bridgehead atoms. The molecule has 7 nitrogen and oxygen atoms in total. The Morgan fingerprint density at radius 3 is 2.77 bits per heavy atom. The van der Waals surface area contributed by atoms with Crippen LogP contribution >= 0.6 is 0 Å². The number of nitro groups is 1. The number of hydrogen-bond donors (Lipinski definition) is 1. The van der Waals surface area contributed by atoms with E-state index < -0.39 is 11.0 Å². The van der Waals surface area contributed by atoms with Crippen molar-refractivity contribution in [3.8, 4) is 0 Å². The van der Waals surface area contributed by atoms with Crippen molar-refractivity contribution in [1.29, 1.82) is 0 Å². The summed E-state index contributed by atoms with van der Waals surface area (Å²) in [6.07, 6.45) is 1.90. The largest absolute Gasteiger partial charge is 0.390 e. The average Bonchev–Trinajstić information content (AvgIpc) is 2.95. The van der Waals surface area contributed by atoms with E-state index in [-0.39, 0.29) is 12.4 Å². The van der Waals surface area contributed by atoms with Crippen LogP contribution in [0.5, 0.6) is 0 Å². The van der Waals surface area contributed by atoms with E-state index in [1.54, 1.807) is 0 Å². The second-order valence-corrected chi connectivity index (χ2v) is 5.56. The zero-order valence-corrected chi connectivity index (χ0v) is 12.1. The standard InChI is InChI=1S/C15H18N4O3/c20-14(11-18-8-6-15(16-18)19(21)22)10-17-7-5-12-3-1-2-4-13(12)9-17/h1-4,6,8,14,20H,5,7,9-11H2. The van der Waals surface area contributed by atoms with E-state index in [2.05, 4.69) is 22.1 Å². The van der Waals surface area contributed by atoms with Crippen molar-refractivity contribution < 1.29 is 10.0 Å². The van der Waals surface area contributed by atoms with Crippen molar-refractivity contribution in [1.82, 2.24) is 14.7 Å². The highest BCUT2D eigenvalue weighted by Gasteiger charge is 2.20. The normalized spacial score (nSPS) is 16.2. The molecule has 116 valence electrons. The summed E-state index contributed by atoms with van der Waals surface area (Å²) in [5.41, 5.74) is 2.67. The predicted octanol–water partition coefficient (Wildman–Crippen LogP) is 1.21. The Bertz CT molecular complexity index is 670. The number of fused-ring (bicyclic) bond motifs is 1. The lowest BCUT2D eigenvalue weighted by atomic mass is 10.00. The van der Waals surface area contributed by atoms with Gasteiger partial charge in [-0.15, -0.1) is 0 Å². The van der Waals surface area contributed by atoms with Crippen LogP contribution in [0, 0.1) is 10.1 Å². The second kappa shape index (κ2) is 6.25. The molecule has 1 aliphatic heterocycles. The minimum absolute atomic E-state index is 0.195. The molecule has 1 atom stereocenters. The Balaban J connectivity index is 1.56. The maximum absolute atomic E-state index is 10.6. The third kappa shape index (κ3) is 3.32. The van der Waals surface area contributed by atoms with E-state index in [9.17, 15) is 15.2 Å². The fourth-order valence-corrected chi connectivity index (χ4v) is 2.83. The summed E-state index contributed by atoms with van der Waals surface area (Å²) >= 11 is 0. The average molecular weight is 302 g/mol. The van der Waals surface area contributed by atoms with Gasteiger partial charge in [0.05, 0.1) is 30.0 Å². The Hall–Kier alpha value is -2.25. The molecule has 22 heavy (non-hydrogen) atoms. The lowest BCUT2D eigenvalue weighted by molar-refractivity contribution is -0.389. The number of hydrogen-bond acceptors (Lipinski definition) is 5. The van der Waals surface area contributed by atoms with Gasteiger partial charge in [-0.05, 0) is 22.5 Å². The molecule has 0 spiro atoms. The first-order valence-electron chi connectivity index (χ1n) is 7.27. The SMILES string of the molecule is O=[N+]([O-])c1ccn(CC(O)CN2CCc3ccccc3C2)n1. The van der Waals surface area contributed by atoms with Crippen LogP contribution in [0.1, 0.15) is 11.1 Å². The number of aliphatic hydroxyl groups is 1. The zero-order chi connectivity index (χ0) is 15.5. The number of β-amino-alcohol motifs (C(OH)–C–C–N with tert-alkyl or cyclic N) is 1. The first-order chi connectivity index (χ1) is 10.6. The van der Waals surface area contributed by atoms with Crippen LogP contribution in [-0.4, -0.2) is 43.9 Å². The smallest absolute Gasteiger partial charge is 0.389 e. The highest BCUT2D eigenvalue weighted by atomic mass is 16.6. The number of aliphatic hydroxyl groups excluding tert-OH is 1. The van der Waals surface area contributed by atoms with Crippen molar-refractivity contribution >= 4 is 5.82 Å². The topological polar surface area (TPSA) is 84.4 Å². The van der Waals surface area contributed by atoms with Gasteiger partial charge in [-0.3, -0.25) is 4.90 Å². The highest BCUT2D eigenvalue weighted by Crippen LogP contribution is 2.18. The Morgan fingerprint density at radius 1 is 1.27 bits per heavy atom. The molecule has 1 unspecified atom stereocenters. The van der Waals surface area contributed by atoms with Gasteiger partial charge in [0.1, 0.15) is 0 Å². The summed E-state index contributed by atoms with van der Waals surface area (Å²) in [5, 5.41) is 24.6. The van der Waals surface area contributed by atoms with Crippen molar-refractivity contribution in [3.63, 3.8) is 0 Å². The summed E-state index contributed by atoms with van der Waals surface area (Å²) in [5.74, 6) is -0.195. The van der Waals surface area contributed by atoms with Crippen molar-refractivity contribution in [3.05, 3.63) is 57.8 Å². The first-order valence-corrected chi connectivity index (χ1v) is 7.27. The van der Waals surface area contributed by atoms with Crippen LogP contribution in [0.3, 0.4) is 0 Å². The molecule has 0 amide bonds. The third-order valence-electron chi connectivity index (χ3n) is 3.89. The third-order valence-corrected chi connectivity index (χ3v) is 3.89. The van der Waals surface area contributed by atoms with Gasteiger partial charge in [0, 0.05) is 19.6 Å². The molecule has 1 N–H and O–H groups in total. The van der Waals surface area contributed by atoms with Gasteiger partial charge in [-0.1, -0.05) is 24.3 Å². The fraction of sp³-hybridized carbons (Fsp3) is 0.400. The molecule has 1 aromatic heterocycles. The monoisotopic (exact) mass is 302 g/mol. The number of aromatic nitrogens is 2. The van der Waals surface area contributed by atoms with E-state index in [4.69, 9.17) is 0 Å². The summed E-state index contributed by atoms with van der Waals surface area (Å²) < 4.78 is 1.42. The van der Waals surface area contributed by atoms with Crippen molar-refractivity contribution in [2.75, 3.05) is 13.1 Å². The lowest BCUT2D eigenvalue weighted by Gasteiger charge is -2.30. The van der Waals surface area contributed by atoms with Crippen LogP contribution in [0.15, 0.2) is 36.5 Å². The van der Waals surface area contributed by atoms with Crippen LogP contribution in [-0.2, 0) is 19.5 Å². The molecule has 1 aliphatic rings. The molecule has 0 fully saturated rings. The van der Waals surface area contributed by atoms with Gasteiger partial charge < -0.3 is 15.2 Å². The summed E-state index contributed by atoms with van der Waals surface area (Å²) in [7, 11) is 0. The van der Waals surface area contributed by atoms with Crippen molar-refractivity contribution in [2.45, 2.75) is 25.6 Å². The molecule has 0 radical (unpaired) electrons. The van der Waals surface area contributed by atoms with Crippen LogP contribution in [0.25, 0.3) is 0 Å². The zero-order valence-electron chi connectivity index (χ0n) is 12.1. The van der Waals surface area contributed by atoms with Gasteiger partial charge in [0.15, 0.2) is 0 Å². The molecule has 2 heterocycles. The summed E-state index contributed by atoms with van der Waals surface area (Å²) in [6, 6.07) is 9.68. The number of nitrogens with zero attached hydrogens (tertiary/aromatic N) is 4. The molecule has 2 aromatic rings. The van der Waals surface area contributed by atoms with E-state index in [1.165, 1.54) is 28.1 Å². The van der Waals surface area contributed by atoms with Gasteiger partial charge in [-0.25, -0.2) is 0 Å². The van der Waals surface area contributed by atoms with Crippen molar-refractivity contribution in [2.24, 2.45) is 0 Å². The molecule has 3 rings (SSSR count). The maximum atomic E-state index is 10.6. The molecule has 7 heteroatoms. The molecule has 0 saturated carbocycles. The van der Waals surface area contributed by atoms with Crippen LogP contribution in [0.2, 0.25) is 0 Å². The maximum Gasteiger partial charge on any atom is 0.389 e. The quantitative estimate of drug-likeness (QED) is 0.663. The number of rotatable bonds is 5. The van der Waals surface area contributed by atoms with Gasteiger partial charge in [0.2, 0.25) is 0 Å². The molecule has 0 aliphatic carbocycles. The fourth-order valence-electron chi connectivity index (χ4n) is 2.83. The molecule has 1 aromatic carbocycles. The molecule has 0 saturated heterocycles. The van der Waals surface area contributed by atoms with Gasteiger partial charge in [-0.2, -0.15) is 4.68 Å². The van der Waals surface area contributed by atoms with Crippen LogP contribution in [0.4, 0.5) is 5.82 Å². The van der Waals surface area contributed by atoms with E-state index in [0.717, 1.165) is 19.5 Å². The minimum Gasteiger partial charge on any atom is -0.390 e. The van der Waals surface area contributed by atoms with Gasteiger partial charge in [0.25, 0.3) is 0 Å². The van der Waals surface area contributed by atoms with E-state index in [1.807, 2.05) is 12.1 Å². The van der Waals surface area contributed by atoms with E-state index in [0.29, 0.717) is 6.54 Å². The predicted molar refractivity (Wildman–Crippen MR) is 80.3 cm³/mol. The summed E-state index contributed by atoms with van der Waals surface area (Å²) in [4.78, 5) is 12.3. The Kier molecular flexibility index (Phi) is 4.17. The molecular formula is C15H18N4O3. The second-order valence-electron chi connectivity index (χ2n) is 5.56. The Labute approximate surface area is 127 Å². The number of benzene rings is 1. The van der Waals surface area contributed by atoms with Gasteiger partial charge >= 0.3 is 5.82 Å². The molecular weight excluding hydrogens is 284 g/mol. The summed E-state index contributed by atoms with van der Waals surface area (Å²) in [6.45, 7) is 2.52. The minimum atomic E-state index is -0.607. The highest BCUT2D eigenvalue weighted by molar-refractivity contribution is 5.29. The van der Waals surface area contributed by atoms with E-state index >= 15 is 0 Å². The first kappa shape index (κ1) is 14.7. The Morgan fingerprint density at radius 2 is 2.05 bits per heavy atom. The lowest BCUT2D eigenvalue weighted by Crippen LogP contribution is -2.38.